The highest BCUT2D eigenvalue weighted by atomic mass is 16.6. The summed E-state index contributed by atoms with van der Waals surface area (Å²) < 4.78 is 7.74. The first-order valence-electron chi connectivity index (χ1n) is 10.3. The quantitative estimate of drug-likeness (QED) is 0.462. The van der Waals surface area contributed by atoms with Crippen molar-refractivity contribution in [2.75, 3.05) is 6.54 Å². The molecule has 5 rings (SSSR count). The molecule has 1 aromatic heterocycles. The van der Waals surface area contributed by atoms with Crippen LogP contribution in [0, 0.1) is 11.3 Å². The van der Waals surface area contributed by atoms with E-state index in [9.17, 15) is 10.1 Å². The Kier molecular flexibility index (Phi) is 4.89. The van der Waals surface area contributed by atoms with Gasteiger partial charge >= 0.3 is 6.09 Å². The van der Waals surface area contributed by atoms with E-state index in [1.54, 1.807) is 12.1 Å². The van der Waals surface area contributed by atoms with Crippen LogP contribution in [-0.2, 0) is 13.0 Å². The van der Waals surface area contributed by atoms with E-state index in [1.165, 1.54) is 4.90 Å². The lowest BCUT2D eigenvalue weighted by atomic mass is 9.98. The standard InChI is InChI=1S/C26H21N3O2/c27-17-24-25-22(15-16-28(24)26(30)31-20-11-5-2-6-12-20)21-13-7-8-14-23(21)29(25)18-19-9-3-1-4-10-19/h1-14,24H,15-16,18H2. The van der Waals surface area contributed by atoms with E-state index < -0.39 is 12.1 Å². The van der Waals surface area contributed by atoms with Crippen molar-refractivity contribution in [3.8, 4) is 11.8 Å². The maximum Gasteiger partial charge on any atom is 0.416 e. The summed E-state index contributed by atoms with van der Waals surface area (Å²) in [5.74, 6) is 0.472. The summed E-state index contributed by atoms with van der Waals surface area (Å²) in [5.41, 5.74) is 4.24. The Morgan fingerprint density at radius 1 is 0.968 bits per heavy atom. The smallest absolute Gasteiger partial charge is 0.410 e. The van der Waals surface area contributed by atoms with Crippen LogP contribution in [0.25, 0.3) is 10.9 Å². The number of carbonyl (C=O) groups excluding carboxylic acids is 1. The Hall–Kier alpha value is -4.04. The lowest BCUT2D eigenvalue weighted by molar-refractivity contribution is 0.137. The van der Waals surface area contributed by atoms with Crippen LogP contribution >= 0.6 is 0 Å². The molecule has 0 fully saturated rings. The lowest BCUT2D eigenvalue weighted by Crippen LogP contribution is -2.41. The summed E-state index contributed by atoms with van der Waals surface area (Å²) in [7, 11) is 0. The molecule has 0 aliphatic carbocycles. The Labute approximate surface area is 180 Å². The lowest BCUT2D eigenvalue weighted by Gasteiger charge is -2.32. The van der Waals surface area contributed by atoms with Crippen molar-refractivity contribution in [2.45, 2.75) is 19.0 Å². The van der Waals surface area contributed by atoms with Crippen molar-refractivity contribution in [3.63, 3.8) is 0 Å². The normalized spacial score (nSPS) is 15.3. The van der Waals surface area contributed by atoms with E-state index in [4.69, 9.17) is 4.74 Å². The van der Waals surface area contributed by atoms with Crippen LogP contribution in [0.15, 0.2) is 84.9 Å². The SMILES string of the molecule is N#CC1c2c(c3ccccc3n2Cc2ccccc2)CCN1C(=O)Oc1ccccc1. The molecule has 0 N–H and O–H groups in total. The predicted octanol–water partition coefficient (Wildman–Crippen LogP) is 5.31. The van der Waals surface area contributed by atoms with Crippen LogP contribution in [0.1, 0.15) is 22.9 Å². The average Bonchev–Trinajstić information content (AvgIpc) is 3.13. The molecule has 2 heterocycles. The Balaban J connectivity index is 1.57. The van der Waals surface area contributed by atoms with Crippen molar-refractivity contribution in [2.24, 2.45) is 0 Å². The molecule has 0 bridgehead atoms. The number of ether oxygens (including phenoxy) is 1. The van der Waals surface area contributed by atoms with Gasteiger partial charge in [-0.05, 0) is 35.7 Å². The van der Waals surface area contributed by atoms with Crippen LogP contribution in [0.3, 0.4) is 0 Å². The number of nitriles is 1. The van der Waals surface area contributed by atoms with Crippen LogP contribution in [0.5, 0.6) is 5.75 Å². The van der Waals surface area contributed by atoms with Crippen molar-refractivity contribution in [1.29, 1.82) is 5.26 Å². The molecule has 5 heteroatoms. The summed E-state index contributed by atoms with van der Waals surface area (Å²) in [4.78, 5) is 14.5. The van der Waals surface area contributed by atoms with Gasteiger partial charge in [-0.2, -0.15) is 5.26 Å². The minimum atomic E-state index is -0.712. The summed E-state index contributed by atoms with van der Waals surface area (Å²) in [6, 6.07) is 29.0. The van der Waals surface area contributed by atoms with E-state index in [1.807, 2.05) is 48.5 Å². The van der Waals surface area contributed by atoms with Gasteiger partial charge < -0.3 is 9.30 Å². The number of carbonyl (C=O) groups is 1. The second-order valence-electron chi connectivity index (χ2n) is 7.61. The first kappa shape index (κ1) is 19.0. The fourth-order valence-corrected chi connectivity index (χ4v) is 4.39. The molecule has 0 saturated carbocycles. The number of aromatic nitrogens is 1. The molecule has 5 nitrogen and oxygen atoms in total. The Morgan fingerprint density at radius 2 is 1.65 bits per heavy atom. The summed E-state index contributed by atoms with van der Waals surface area (Å²) in [5, 5.41) is 11.3. The predicted molar refractivity (Wildman–Crippen MR) is 119 cm³/mol. The molecule has 3 aromatic carbocycles. The maximum atomic E-state index is 13.0. The zero-order valence-corrected chi connectivity index (χ0v) is 16.9. The highest BCUT2D eigenvalue weighted by Gasteiger charge is 2.36. The molecular formula is C26H21N3O2. The molecule has 1 amide bonds. The maximum absolute atomic E-state index is 13.0. The largest absolute Gasteiger partial charge is 0.416 e. The monoisotopic (exact) mass is 407 g/mol. The van der Waals surface area contributed by atoms with Crippen LogP contribution in [0.4, 0.5) is 4.79 Å². The van der Waals surface area contributed by atoms with Gasteiger partial charge in [-0.3, -0.25) is 4.90 Å². The van der Waals surface area contributed by atoms with Gasteiger partial charge in [0.25, 0.3) is 0 Å². The van der Waals surface area contributed by atoms with Gasteiger partial charge in [-0.25, -0.2) is 4.79 Å². The molecule has 152 valence electrons. The van der Waals surface area contributed by atoms with Gasteiger partial charge in [-0.1, -0.05) is 66.7 Å². The molecule has 1 atom stereocenters. The van der Waals surface area contributed by atoms with E-state index in [0.717, 1.165) is 27.7 Å². The van der Waals surface area contributed by atoms with Crippen LogP contribution in [0.2, 0.25) is 0 Å². The van der Waals surface area contributed by atoms with E-state index in [-0.39, 0.29) is 0 Å². The van der Waals surface area contributed by atoms with Gasteiger partial charge in [0.15, 0.2) is 6.04 Å². The zero-order valence-electron chi connectivity index (χ0n) is 16.9. The van der Waals surface area contributed by atoms with Crippen LogP contribution in [-0.4, -0.2) is 22.1 Å². The van der Waals surface area contributed by atoms with Gasteiger partial charge in [-0.15, -0.1) is 0 Å². The number of amides is 1. The number of rotatable bonds is 3. The second-order valence-corrected chi connectivity index (χ2v) is 7.61. The van der Waals surface area contributed by atoms with Crippen molar-refractivity contribution in [1.82, 2.24) is 9.47 Å². The van der Waals surface area contributed by atoms with Gasteiger partial charge in [0, 0.05) is 24.0 Å². The highest BCUT2D eigenvalue weighted by Crippen LogP contribution is 2.37. The second kappa shape index (κ2) is 8.00. The fourth-order valence-electron chi connectivity index (χ4n) is 4.39. The van der Waals surface area contributed by atoms with Gasteiger partial charge in [0.2, 0.25) is 0 Å². The Bertz CT molecular complexity index is 1270. The third-order valence-electron chi connectivity index (χ3n) is 5.78. The average molecular weight is 407 g/mol. The number of para-hydroxylation sites is 2. The summed E-state index contributed by atoms with van der Waals surface area (Å²) >= 11 is 0. The van der Waals surface area contributed by atoms with Crippen molar-refractivity contribution in [3.05, 3.63) is 102 Å². The Morgan fingerprint density at radius 3 is 2.39 bits per heavy atom. The van der Waals surface area contributed by atoms with Gasteiger partial charge in [0.1, 0.15) is 5.75 Å². The number of benzene rings is 3. The molecule has 0 spiro atoms. The third kappa shape index (κ3) is 3.43. The first-order valence-corrected chi connectivity index (χ1v) is 10.3. The van der Waals surface area contributed by atoms with E-state index in [0.29, 0.717) is 25.3 Å². The number of fused-ring (bicyclic) bond motifs is 3. The molecular weight excluding hydrogens is 386 g/mol. The summed E-state index contributed by atoms with van der Waals surface area (Å²) in [6.45, 7) is 1.08. The third-order valence-corrected chi connectivity index (χ3v) is 5.78. The summed E-state index contributed by atoms with van der Waals surface area (Å²) in [6.07, 6.45) is 0.180. The molecule has 31 heavy (non-hydrogen) atoms. The first-order chi connectivity index (χ1) is 15.3. The van der Waals surface area contributed by atoms with E-state index >= 15 is 0 Å². The van der Waals surface area contributed by atoms with Gasteiger partial charge in [0.05, 0.1) is 11.8 Å². The zero-order chi connectivity index (χ0) is 21.2. The fraction of sp³-hybridized carbons (Fsp3) is 0.154. The minimum Gasteiger partial charge on any atom is -0.410 e. The molecule has 4 aromatic rings. The molecule has 0 saturated heterocycles. The van der Waals surface area contributed by atoms with Crippen molar-refractivity contribution < 1.29 is 9.53 Å². The minimum absolute atomic E-state index is 0.441. The molecule has 0 radical (unpaired) electrons. The topological polar surface area (TPSA) is 58.3 Å². The van der Waals surface area contributed by atoms with E-state index in [2.05, 4.69) is 34.9 Å². The van der Waals surface area contributed by atoms with Crippen LogP contribution < -0.4 is 4.74 Å². The number of hydrogen-bond acceptors (Lipinski definition) is 3. The molecule has 1 aliphatic rings. The number of hydrogen-bond donors (Lipinski definition) is 0. The van der Waals surface area contributed by atoms with Crippen molar-refractivity contribution >= 4 is 17.0 Å². The molecule has 1 unspecified atom stereocenters. The highest BCUT2D eigenvalue weighted by molar-refractivity contribution is 5.87. The molecule has 1 aliphatic heterocycles. The number of nitrogens with zero attached hydrogens (tertiary/aromatic N) is 3.